The van der Waals surface area contributed by atoms with Crippen LogP contribution in [0.2, 0.25) is 0 Å². The number of hydrogen-bond donors (Lipinski definition) is 1. The molecular formula is C22H26N2O5. The second-order valence-electron chi connectivity index (χ2n) is 7.01. The topological polar surface area (TPSA) is 79.3 Å². The van der Waals surface area contributed by atoms with Crippen LogP contribution in [-0.4, -0.2) is 59.4 Å². The number of methoxy groups -OCH3 is 1. The Kier molecular flexibility index (Phi) is 7.08. The highest BCUT2D eigenvalue weighted by Gasteiger charge is 2.38. The van der Waals surface area contributed by atoms with Crippen molar-refractivity contribution in [3.63, 3.8) is 0 Å². The normalized spacial score (nSPS) is 18.9. The maximum absolute atomic E-state index is 13.0. The third-order valence-corrected chi connectivity index (χ3v) is 5.13. The smallest absolute Gasteiger partial charge is 0.410 e. The molecule has 0 aromatic heterocycles. The third kappa shape index (κ3) is 5.48. The Morgan fingerprint density at radius 3 is 2.28 bits per heavy atom. The summed E-state index contributed by atoms with van der Waals surface area (Å²) in [5, 5.41) is 9.30. The molecule has 1 fully saturated rings. The number of benzene rings is 2. The molecule has 0 aliphatic carbocycles. The first-order valence-corrected chi connectivity index (χ1v) is 9.60. The summed E-state index contributed by atoms with van der Waals surface area (Å²) in [7, 11) is 1.54. The number of rotatable bonds is 6. The molecule has 2 atom stereocenters. The predicted molar refractivity (Wildman–Crippen MR) is 107 cm³/mol. The van der Waals surface area contributed by atoms with Crippen LogP contribution in [0.4, 0.5) is 9.59 Å². The minimum Gasteiger partial charge on any atom is -0.465 e. The fraction of sp³-hybridized carbons (Fsp3) is 0.364. The van der Waals surface area contributed by atoms with Gasteiger partial charge in [-0.2, -0.15) is 0 Å². The van der Waals surface area contributed by atoms with E-state index in [1.165, 1.54) is 4.90 Å². The maximum atomic E-state index is 13.0. The van der Waals surface area contributed by atoms with E-state index in [9.17, 15) is 14.7 Å². The van der Waals surface area contributed by atoms with Crippen molar-refractivity contribution in [3.8, 4) is 0 Å². The van der Waals surface area contributed by atoms with Crippen molar-refractivity contribution >= 4 is 12.2 Å². The number of likely N-dealkylation sites (tertiary alicyclic amines) is 1. The first kappa shape index (κ1) is 20.7. The van der Waals surface area contributed by atoms with Crippen LogP contribution >= 0.6 is 0 Å². The zero-order chi connectivity index (χ0) is 20.6. The molecule has 0 radical (unpaired) electrons. The molecule has 154 valence electrons. The molecule has 1 aliphatic heterocycles. The van der Waals surface area contributed by atoms with Gasteiger partial charge in [0.25, 0.3) is 0 Å². The molecule has 3 rings (SSSR count). The van der Waals surface area contributed by atoms with E-state index >= 15 is 0 Å². The minimum absolute atomic E-state index is 0.177. The molecule has 1 N–H and O–H groups in total. The molecule has 2 amide bonds. The molecule has 29 heavy (non-hydrogen) atoms. The summed E-state index contributed by atoms with van der Waals surface area (Å²) in [5.41, 5.74) is 1.88. The summed E-state index contributed by atoms with van der Waals surface area (Å²) in [6, 6.07) is 18.9. The van der Waals surface area contributed by atoms with Gasteiger partial charge < -0.3 is 19.5 Å². The summed E-state index contributed by atoms with van der Waals surface area (Å²) in [6.07, 6.45) is -1.36. The molecular weight excluding hydrogens is 372 g/mol. The van der Waals surface area contributed by atoms with Gasteiger partial charge in [0.2, 0.25) is 0 Å². The van der Waals surface area contributed by atoms with Crippen molar-refractivity contribution in [2.75, 3.05) is 20.2 Å². The van der Waals surface area contributed by atoms with Gasteiger partial charge >= 0.3 is 12.2 Å². The summed E-state index contributed by atoms with van der Waals surface area (Å²) < 4.78 is 11.1. The largest absolute Gasteiger partial charge is 0.465 e. The quantitative estimate of drug-likeness (QED) is 0.804. The zero-order valence-corrected chi connectivity index (χ0v) is 16.4. The van der Waals surface area contributed by atoms with E-state index in [-0.39, 0.29) is 19.2 Å². The van der Waals surface area contributed by atoms with Gasteiger partial charge in [0.1, 0.15) is 6.61 Å². The molecule has 0 bridgehead atoms. The minimum atomic E-state index is -0.980. The summed E-state index contributed by atoms with van der Waals surface area (Å²) in [5.74, 6) is 0. The summed E-state index contributed by atoms with van der Waals surface area (Å²) in [4.78, 5) is 27.3. The fourth-order valence-electron chi connectivity index (χ4n) is 3.57. The van der Waals surface area contributed by atoms with Crippen molar-refractivity contribution in [1.82, 2.24) is 9.80 Å². The summed E-state index contributed by atoms with van der Waals surface area (Å²) in [6.45, 7) is 1.10. The molecule has 7 nitrogen and oxygen atoms in total. The van der Waals surface area contributed by atoms with Crippen molar-refractivity contribution in [3.05, 3.63) is 71.8 Å². The Bertz CT molecular complexity index is 799. The van der Waals surface area contributed by atoms with Gasteiger partial charge in [0, 0.05) is 20.2 Å². The Labute approximate surface area is 170 Å². The van der Waals surface area contributed by atoms with Crippen LogP contribution in [0.1, 0.15) is 17.5 Å². The molecule has 1 aliphatic rings. The number of carbonyl (C=O) groups is 2. The van der Waals surface area contributed by atoms with E-state index in [1.54, 1.807) is 12.0 Å². The van der Waals surface area contributed by atoms with E-state index in [2.05, 4.69) is 0 Å². The van der Waals surface area contributed by atoms with E-state index in [0.29, 0.717) is 19.5 Å². The molecule has 2 aromatic carbocycles. The molecule has 0 spiro atoms. The van der Waals surface area contributed by atoms with Crippen molar-refractivity contribution in [2.45, 2.75) is 31.7 Å². The lowest BCUT2D eigenvalue weighted by molar-refractivity contribution is -0.0347. The van der Waals surface area contributed by atoms with Crippen molar-refractivity contribution in [2.24, 2.45) is 0 Å². The Balaban J connectivity index is 1.76. The number of carbonyl (C=O) groups excluding carboxylic acids is 1. The number of carboxylic acid groups (broad SMARTS) is 1. The van der Waals surface area contributed by atoms with Crippen LogP contribution in [0.3, 0.4) is 0 Å². The maximum Gasteiger partial charge on any atom is 0.410 e. The predicted octanol–water partition coefficient (Wildman–Crippen LogP) is 3.59. The number of piperidine rings is 1. The third-order valence-electron chi connectivity index (χ3n) is 5.13. The van der Waals surface area contributed by atoms with Crippen LogP contribution in [-0.2, 0) is 22.6 Å². The average molecular weight is 398 g/mol. The lowest BCUT2D eigenvalue weighted by Gasteiger charge is -2.41. The SMILES string of the molecule is CO[C@@H]1CN(C(=O)O)CC[C@@H]1N(Cc1ccccc1)C(=O)OCc1ccccc1. The van der Waals surface area contributed by atoms with E-state index in [1.807, 2.05) is 60.7 Å². The van der Waals surface area contributed by atoms with Crippen molar-refractivity contribution < 1.29 is 24.2 Å². The Morgan fingerprint density at radius 2 is 1.69 bits per heavy atom. The zero-order valence-electron chi connectivity index (χ0n) is 16.4. The highest BCUT2D eigenvalue weighted by atomic mass is 16.6. The van der Waals surface area contributed by atoms with Gasteiger partial charge in [0.15, 0.2) is 0 Å². The van der Waals surface area contributed by atoms with E-state index < -0.39 is 18.3 Å². The standard InChI is InChI=1S/C22H26N2O5/c1-28-20-15-23(21(25)26)13-12-19(20)24(14-17-8-4-2-5-9-17)22(27)29-16-18-10-6-3-7-11-18/h2-11,19-20H,12-16H2,1H3,(H,25,26)/t19-,20+/m0/s1. The van der Waals surface area contributed by atoms with Gasteiger partial charge in [-0.1, -0.05) is 60.7 Å². The second kappa shape index (κ2) is 9.93. The van der Waals surface area contributed by atoms with Gasteiger partial charge in [-0.25, -0.2) is 9.59 Å². The second-order valence-corrected chi connectivity index (χ2v) is 7.01. The highest BCUT2D eigenvalue weighted by Crippen LogP contribution is 2.23. The van der Waals surface area contributed by atoms with Crippen molar-refractivity contribution in [1.29, 1.82) is 0 Å². The molecule has 2 aromatic rings. The lowest BCUT2D eigenvalue weighted by Crippen LogP contribution is -2.57. The van der Waals surface area contributed by atoms with Gasteiger partial charge in [0.05, 0.1) is 18.7 Å². The van der Waals surface area contributed by atoms with Gasteiger partial charge in [-0.05, 0) is 17.5 Å². The van der Waals surface area contributed by atoms with Crippen LogP contribution in [0, 0.1) is 0 Å². The first-order chi connectivity index (χ1) is 14.1. The monoisotopic (exact) mass is 398 g/mol. The van der Waals surface area contributed by atoms with Gasteiger partial charge in [-0.3, -0.25) is 4.90 Å². The van der Waals surface area contributed by atoms with Crippen LogP contribution < -0.4 is 0 Å². The number of amides is 2. The molecule has 1 heterocycles. The van der Waals surface area contributed by atoms with E-state index in [4.69, 9.17) is 9.47 Å². The van der Waals surface area contributed by atoms with Gasteiger partial charge in [-0.15, -0.1) is 0 Å². The number of nitrogens with zero attached hydrogens (tertiary/aromatic N) is 2. The van der Waals surface area contributed by atoms with E-state index in [0.717, 1.165) is 11.1 Å². The molecule has 7 heteroatoms. The van der Waals surface area contributed by atoms with Crippen LogP contribution in [0.5, 0.6) is 0 Å². The molecule has 0 unspecified atom stereocenters. The number of hydrogen-bond acceptors (Lipinski definition) is 4. The van der Waals surface area contributed by atoms with Crippen LogP contribution in [0.15, 0.2) is 60.7 Å². The van der Waals surface area contributed by atoms with Crippen LogP contribution in [0.25, 0.3) is 0 Å². The molecule has 0 saturated carbocycles. The fourth-order valence-corrected chi connectivity index (χ4v) is 3.57. The average Bonchev–Trinajstić information content (AvgIpc) is 2.76. The highest BCUT2D eigenvalue weighted by molar-refractivity contribution is 5.69. The Hall–Kier alpha value is -3.06. The molecule has 1 saturated heterocycles. The summed E-state index contributed by atoms with van der Waals surface area (Å²) >= 11 is 0. The number of ether oxygens (including phenoxy) is 2. The Morgan fingerprint density at radius 1 is 1.07 bits per heavy atom. The first-order valence-electron chi connectivity index (χ1n) is 9.60. The lowest BCUT2D eigenvalue weighted by atomic mass is 9.99.